The molecule has 0 saturated heterocycles. The third kappa shape index (κ3) is 4.42. The van der Waals surface area contributed by atoms with E-state index in [2.05, 4.69) is 25.7 Å². The van der Waals surface area contributed by atoms with E-state index in [1.807, 2.05) is 0 Å². The summed E-state index contributed by atoms with van der Waals surface area (Å²) in [4.78, 5) is 2.72. The minimum Gasteiger partial charge on any atom is -0.328 e. The third-order valence-corrected chi connectivity index (χ3v) is 4.01. The molecule has 0 spiro atoms. The molecule has 0 bridgehead atoms. The largest absolute Gasteiger partial charge is 0.328 e. The van der Waals surface area contributed by atoms with Gasteiger partial charge in [-0.05, 0) is 44.6 Å². The summed E-state index contributed by atoms with van der Waals surface area (Å²) in [6.07, 6.45) is 7.66. The topological polar surface area (TPSA) is 29.3 Å². The fourth-order valence-corrected chi connectivity index (χ4v) is 2.71. The predicted molar refractivity (Wildman–Crippen MR) is 71.6 cm³/mol. The quantitative estimate of drug-likeness (QED) is 0.754. The third-order valence-electron chi connectivity index (χ3n) is 4.01. The van der Waals surface area contributed by atoms with Crippen LogP contribution in [0.15, 0.2) is 0 Å². The Morgan fingerprint density at radius 3 is 2.31 bits per heavy atom. The summed E-state index contributed by atoms with van der Waals surface area (Å²) in [5.74, 6) is 0.835. The van der Waals surface area contributed by atoms with Gasteiger partial charge in [-0.3, -0.25) is 0 Å². The Labute approximate surface area is 102 Å². The van der Waals surface area contributed by atoms with Crippen molar-refractivity contribution in [2.24, 2.45) is 11.7 Å². The van der Waals surface area contributed by atoms with Crippen LogP contribution >= 0.6 is 0 Å². The van der Waals surface area contributed by atoms with E-state index in [9.17, 15) is 0 Å². The normalized spacial score (nSPS) is 28.3. The average molecular weight is 226 g/mol. The molecule has 96 valence electrons. The second-order valence-electron chi connectivity index (χ2n) is 5.58. The van der Waals surface area contributed by atoms with Crippen molar-refractivity contribution in [3.8, 4) is 0 Å². The Morgan fingerprint density at radius 1 is 1.19 bits per heavy atom. The van der Waals surface area contributed by atoms with Crippen molar-refractivity contribution in [3.05, 3.63) is 0 Å². The Bertz CT molecular complexity index is 174. The summed E-state index contributed by atoms with van der Waals surface area (Å²) in [6.45, 7) is 9.51. The molecule has 0 radical (unpaired) electrons. The molecule has 1 atom stereocenters. The van der Waals surface area contributed by atoms with Crippen molar-refractivity contribution in [1.29, 1.82) is 0 Å². The van der Waals surface area contributed by atoms with Gasteiger partial charge in [0.25, 0.3) is 0 Å². The Kier molecular flexibility index (Phi) is 6.37. The summed E-state index contributed by atoms with van der Waals surface area (Å²) < 4.78 is 0. The highest BCUT2D eigenvalue weighted by atomic mass is 15.2. The van der Waals surface area contributed by atoms with E-state index in [0.29, 0.717) is 6.04 Å². The van der Waals surface area contributed by atoms with Crippen molar-refractivity contribution in [3.63, 3.8) is 0 Å². The van der Waals surface area contributed by atoms with Crippen LogP contribution in [0.4, 0.5) is 0 Å². The lowest BCUT2D eigenvalue weighted by Crippen LogP contribution is -2.43. The van der Waals surface area contributed by atoms with E-state index in [4.69, 9.17) is 5.73 Å². The van der Waals surface area contributed by atoms with Gasteiger partial charge < -0.3 is 10.6 Å². The van der Waals surface area contributed by atoms with Crippen molar-refractivity contribution in [2.45, 2.75) is 71.4 Å². The molecule has 0 aromatic carbocycles. The first kappa shape index (κ1) is 14.0. The number of rotatable bonds is 6. The first-order valence-electron chi connectivity index (χ1n) is 7.17. The van der Waals surface area contributed by atoms with Gasteiger partial charge in [0, 0.05) is 18.6 Å². The van der Waals surface area contributed by atoms with Gasteiger partial charge in [-0.25, -0.2) is 0 Å². The molecule has 1 rings (SSSR count). The summed E-state index contributed by atoms with van der Waals surface area (Å²) in [5.41, 5.74) is 5.98. The van der Waals surface area contributed by atoms with E-state index in [1.54, 1.807) is 0 Å². The molecule has 0 aromatic heterocycles. The highest BCUT2D eigenvalue weighted by Crippen LogP contribution is 2.23. The standard InChI is InChI=1S/C14H30N2/c1-4-10-16(11-12(3)5-2)14-8-6-13(15)7-9-14/h12-14H,4-11,15H2,1-3H3. The Balaban J connectivity index is 2.42. The molecule has 2 N–H and O–H groups in total. The number of hydrogen-bond acceptors (Lipinski definition) is 2. The van der Waals surface area contributed by atoms with Gasteiger partial charge in [0.2, 0.25) is 0 Å². The molecular formula is C14H30N2. The molecule has 1 aliphatic rings. The lowest BCUT2D eigenvalue weighted by molar-refractivity contribution is 0.130. The fourth-order valence-electron chi connectivity index (χ4n) is 2.71. The molecule has 1 saturated carbocycles. The maximum absolute atomic E-state index is 5.98. The molecule has 0 heterocycles. The van der Waals surface area contributed by atoms with Gasteiger partial charge in [-0.15, -0.1) is 0 Å². The molecule has 2 heteroatoms. The molecular weight excluding hydrogens is 196 g/mol. The zero-order valence-electron chi connectivity index (χ0n) is 11.4. The molecule has 0 aromatic rings. The van der Waals surface area contributed by atoms with Crippen LogP contribution in [0.1, 0.15) is 59.3 Å². The summed E-state index contributed by atoms with van der Waals surface area (Å²) in [7, 11) is 0. The van der Waals surface area contributed by atoms with E-state index in [-0.39, 0.29) is 0 Å². The molecule has 1 aliphatic carbocycles. The molecule has 2 nitrogen and oxygen atoms in total. The first-order valence-corrected chi connectivity index (χ1v) is 7.17. The van der Waals surface area contributed by atoms with Crippen LogP contribution in [0, 0.1) is 5.92 Å². The van der Waals surface area contributed by atoms with Gasteiger partial charge in [0.1, 0.15) is 0 Å². The van der Waals surface area contributed by atoms with Crippen LogP contribution in [-0.2, 0) is 0 Å². The van der Waals surface area contributed by atoms with Gasteiger partial charge in [-0.2, -0.15) is 0 Å². The second-order valence-corrected chi connectivity index (χ2v) is 5.58. The van der Waals surface area contributed by atoms with Crippen molar-refractivity contribution < 1.29 is 0 Å². The first-order chi connectivity index (χ1) is 7.67. The lowest BCUT2D eigenvalue weighted by atomic mass is 9.90. The monoisotopic (exact) mass is 226 g/mol. The lowest BCUT2D eigenvalue weighted by Gasteiger charge is -2.37. The van der Waals surface area contributed by atoms with E-state index >= 15 is 0 Å². The van der Waals surface area contributed by atoms with E-state index in [0.717, 1.165) is 12.0 Å². The molecule has 1 fully saturated rings. The van der Waals surface area contributed by atoms with E-state index in [1.165, 1.54) is 51.6 Å². The number of hydrogen-bond donors (Lipinski definition) is 1. The maximum Gasteiger partial charge on any atom is 0.00965 e. The van der Waals surface area contributed by atoms with Gasteiger partial charge in [0.05, 0.1) is 0 Å². The van der Waals surface area contributed by atoms with Crippen molar-refractivity contribution in [1.82, 2.24) is 4.90 Å². The van der Waals surface area contributed by atoms with Gasteiger partial charge in [0.15, 0.2) is 0 Å². The highest BCUT2D eigenvalue weighted by molar-refractivity contribution is 4.81. The summed E-state index contributed by atoms with van der Waals surface area (Å²) >= 11 is 0. The molecule has 16 heavy (non-hydrogen) atoms. The van der Waals surface area contributed by atoms with Gasteiger partial charge >= 0.3 is 0 Å². The van der Waals surface area contributed by atoms with Crippen LogP contribution in [-0.4, -0.2) is 30.1 Å². The Hall–Kier alpha value is -0.0800. The smallest absolute Gasteiger partial charge is 0.00965 e. The summed E-state index contributed by atoms with van der Waals surface area (Å²) in [6, 6.07) is 1.29. The zero-order chi connectivity index (χ0) is 12.0. The van der Waals surface area contributed by atoms with Crippen LogP contribution in [0.5, 0.6) is 0 Å². The molecule has 0 amide bonds. The van der Waals surface area contributed by atoms with Crippen LogP contribution in [0.25, 0.3) is 0 Å². The minimum atomic E-state index is 0.475. The SMILES string of the molecule is CCCN(CC(C)CC)C1CCC(N)CC1. The summed E-state index contributed by atoms with van der Waals surface area (Å²) in [5, 5.41) is 0. The predicted octanol–water partition coefficient (Wildman–Crippen LogP) is 3.01. The van der Waals surface area contributed by atoms with Gasteiger partial charge in [-0.1, -0.05) is 27.2 Å². The Morgan fingerprint density at radius 2 is 1.81 bits per heavy atom. The van der Waals surface area contributed by atoms with Crippen LogP contribution in [0.3, 0.4) is 0 Å². The molecule has 0 aliphatic heterocycles. The second kappa shape index (κ2) is 7.29. The van der Waals surface area contributed by atoms with Crippen LogP contribution in [0.2, 0.25) is 0 Å². The maximum atomic E-state index is 5.98. The minimum absolute atomic E-state index is 0.475. The highest BCUT2D eigenvalue weighted by Gasteiger charge is 2.24. The van der Waals surface area contributed by atoms with Crippen LogP contribution < -0.4 is 5.73 Å². The average Bonchev–Trinajstić information content (AvgIpc) is 2.29. The van der Waals surface area contributed by atoms with E-state index < -0.39 is 0 Å². The number of nitrogens with two attached hydrogens (primary N) is 1. The van der Waals surface area contributed by atoms with Crippen molar-refractivity contribution in [2.75, 3.05) is 13.1 Å². The number of nitrogens with zero attached hydrogens (tertiary/aromatic N) is 1. The zero-order valence-corrected chi connectivity index (χ0v) is 11.4. The molecule has 1 unspecified atom stereocenters. The fraction of sp³-hybridized carbons (Fsp3) is 1.00. The van der Waals surface area contributed by atoms with Crippen molar-refractivity contribution >= 4 is 0 Å².